The van der Waals surface area contributed by atoms with Gasteiger partial charge in [-0.2, -0.15) is 14.8 Å². The van der Waals surface area contributed by atoms with E-state index >= 15 is 0 Å². The molecule has 0 bridgehead atoms. The van der Waals surface area contributed by atoms with Gasteiger partial charge in [0.2, 0.25) is 5.95 Å². The van der Waals surface area contributed by atoms with Crippen molar-refractivity contribution >= 4 is 28.5 Å². The molecule has 0 aliphatic carbocycles. The lowest BCUT2D eigenvalue weighted by Crippen LogP contribution is -2.52. The second-order valence-corrected chi connectivity index (χ2v) is 11.0. The van der Waals surface area contributed by atoms with Crippen LogP contribution in [0.25, 0.3) is 10.6 Å². The van der Waals surface area contributed by atoms with Crippen molar-refractivity contribution in [2.24, 2.45) is 0 Å². The minimum atomic E-state index is -0.562. The van der Waals surface area contributed by atoms with E-state index in [1.165, 1.54) is 24.0 Å². The maximum atomic E-state index is 13.7. The molecule has 1 atom stereocenters. The van der Waals surface area contributed by atoms with Crippen LogP contribution in [0.3, 0.4) is 0 Å². The minimum absolute atomic E-state index is 0.0159. The Morgan fingerprint density at radius 2 is 2.18 bits per heavy atom. The summed E-state index contributed by atoms with van der Waals surface area (Å²) in [5.74, 6) is -0.562. The molecule has 2 aromatic rings. The topological polar surface area (TPSA) is 99.3 Å². The number of nitrogens with one attached hydrogen (secondary N) is 1. The number of nitrogens with zero attached hydrogens (tertiary/aromatic N) is 6. The summed E-state index contributed by atoms with van der Waals surface area (Å²) >= 11 is 1.29. The van der Waals surface area contributed by atoms with Crippen LogP contribution in [0.5, 0.6) is 0 Å². The number of halogens is 1. The number of piperidine rings is 1. The Balaban J connectivity index is 1.89. The first-order chi connectivity index (χ1) is 18.1. The normalized spacial score (nSPS) is 16.8. The van der Waals surface area contributed by atoms with E-state index in [1.54, 1.807) is 21.7 Å². The number of allylic oxidation sites excluding steroid dienone is 2. The molecular weight excluding hydrogens is 505 g/mol. The quantitative estimate of drug-likeness (QED) is 0.266. The Bertz CT molecular complexity index is 1230. The van der Waals surface area contributed by atoms with Crippen molar-refractivity contribution < 1.29 is 13.9 Å². The summed E-state index contributed by atoms with van der Waals surface area (Å²) in [4.78, 5) is 19.1. The molecule has 0 unspecified atom stereocenters. The second kappa shape index (κ2) is 12.9. The highest BCUT2D eigenvalue weighted by Gasteiger charge is 2.30. The average Bonchev–Trinajstić information content (AvgIpc) is 3.30. The van der Waals surface area contributed by atoms with Crippen LogP contribution >= 0.6 is 11.8 Å². The van der Waals surface area contributed by atoms with Gasteiger partial charge < -0.3 is 14.6 Å². The third-order valence-corrected chi connectivity index (χ3v) is 6.79. The molecule has 0 aromatic carbocycles. The first kappa shape index (κ1) is 29.2. The molecule has 0 radical (unpaired) electrons. The molecule has 3 heterocycles. The van der Waals surface area contributed by atoms with Crippen molar-refractivity contribution in [3.05, 3.63) is 53.9 Å². The van der Waals surface area contributed by atoms with E-state index in [0.29, 0.717) is 35.8 Å². The van der Waals surface area contributed by atoms with Gasteiger partial charge in [0, 0.05) is 31.2 Å². The number of amides is 1. The van der Waals surface area contributed by atoms with Crippen molar-refractivity contribution in [1.29, 1.82) is 5.26 Å². The van der Waals surface area contributed by atoms with Crippen molar-refractivity contribution in [3.63, 3.8) is 0 Å². The van der Waals surface area contributed by atoms with Crippen LogP contribution < -0.4 is 5.43 Å². The summed E-state index contributed by atoms with van der Waals surface area (Å²) in [6, 6.07) is 6.88. The minimum Gasteiger partial charge on any atom is -0.444 e. The standard InChI is InChI=1S/C27H36FN7O2S/c1-7-10-22(38-24-13-8-12-23(28)32-24)25-20(15-29)16-31-35(25)19(2)17-34(30-6)21-11-9-14-33(18-21)26(36)37-27(3,4)5/h8,10,12-13,16-17,21,30H,7,9,11,14,18H2,1-6H3/b19-17?,22-10+/t21-/m0/s1. The Morgan fingerprint density at radius 1 is 1.42 bits per heavy atom. The van der Waals surface area contributed by atoms with Crippen molar-refractivity contribution in [1.82, 2.24) is 30.1 Å². The molecule has 1 N–H and O–H groups in total. The Hall–Kier alpha value is -3.36. The maximum Gasteiger partial charge on any atom is 0.410 e. The van der Waals surface area contributed by atoms with Crippen LogP contribution in [-0.4, -0.2) is 62.5 Å². The van der Waals surface area contributed by atoms with E-state index in [1.807, 2.05) is 59.0 Å². The zero-order chi connectivity index (χ0) is 27.9. The maximum absolute atomic E-state index is 13.7. The fourth-order valence-corrected chi connectivity index (χ4v) is 5.20. The molecule has 1 saturated heterocycles. The summed E-state index contributed by atoms with van der Waals surface area (Å²) in [6.45, 7) is 10.6. The number of hydrogen-bond acceptors (Lipinski definition) is 8. The Morgan fingerprint density at radius 3 is 2.82 bits per heavy atom. The highest BCUT2D eigenvalue weighted by atomic mass is 32.2. The zero-order valence-corrected chi connectivity index (χ0v) is 23.7. The summed E-state index contributed by atoms with van der Waals surface area (Å²) in [6.07, 6.45) is 7.57. The number of aromatic nitrogens is 3. The number of carbonyl (C=O) groups is 1. The van der Waals surface area contributed by atoms with Gasteiger partial charge in [-0.05, 0) is 59.1 Å². The smallest absolute Gasteiger partial charge is 0.410 e. The van der Waals surface area contributed by atoms with Gasteiger partial charge >= 0.3 is 6.09 Å². The number of hydrazine groups is 1. The van der Waals surface area contributed by atoms with Crippen LogP contribution in [0, 0.1) is 17.3 Å². The molecular formula is C27H36FN7O2S. The van der Waals surface area contributed by atoms with Gasteiger partial charge in [0.25, 0.3) is 0 Å². The molecule has 1 fully saturated rings. The fraction of sp³-hybridized carbons (Fsp3) is 0.481. The number of hydrogen-bond donors (Lipinski definition) is 1. The summed E-state index contributed by atoms with van der Waals surface area (Å²) in [7, 11) is 1.83. The molecule has 38 heavy (non-hydrogen) atoms. The Kier molecular flexibility index (Phi) is 9.94. The van der Waals surface area contributed by atoms with Crippen LogP contribution in [0.15, 0.2) is 41.7 Å². The van der Waals surface area contributed by atoms with Gasteiger partial charge in [-0.1, -0.05) is 30.8 Å². The summed E-state index contributed by atoms with van der Waals surface area (Å²) in [5, 5.41) is 16.8. The van der Waals surface area contributed by atoms with Gasteiger partial charge in [-0.3, -0.25) is 0 Å². The number of ether oxygens (including phenoxy) is 1. The lowest BCUT2D eigenvalue weighted by Gasteiger charge is -2.39. The molecule has 0 saturated carbocycles. The first-order valence-electron chi connectivity index (χ1n) is 12.7. The van der Waals surface area contributed by atoms with Crippen molar-refractivity contribution in [3.8, 4) is 6.07 Å². The number of thioether (sulfide) groups is 1. The van der Waals surface area contributed by atoms with E-state index in [0.717, 1.165) is 23.4 Å². The van der Waals surface area contributed by atoms with E-state index in [-0.39, 0.29) is 12.1 Å². The van der Waals surface area contributed by atoms with Crippen molar-refractivity contribution in [2.75, 3.05) is 20.1 Å². The summed E-state index contributed by atoms with van der Waals surface area (Å²) in [5.41, 5.74) is 4.46. The van der Waals surface area contributed by atoms with Crippen LogP contribution in [0.1, 0.15) is 65.1 Å². The molecule has 1 aliphatic heterocycles. The number of nitriles is 1. The van der Waals surface area contributed by atoms with E-state index in [9.17, 15) is 14.4 Å². The molecule has 1 aliphatic rings. The molecule has 9 nitrogen and oxygen atoms in total. The zero-order valence-electron chi connectivity index (χ0n) is 22.9. The van der Waals surface area contributed by atoms with Gasteiger partial charge in [0.1, 0.15) is 16.7 Å². The largest absolute Gasteiger partial charge is 0.444 e. The molecule has 204 valence electrons. The van der Waals surface area contributed by atoms with Crippen LogP contribution in [-0.2, 0) is 4.74 Å². The molecule has 1 amide bonds. The number of rotatable bonds is 8. The molecule has 11 heteroatoms. The second-order valence-electron chi connectivity index (χ2n) is 9.93. The van der Waals surface area contributed by atoms with Crippen LogP contribution in [0.2, 0.25) is 0 Å². The molecule has 0 spiro atoms. The van der Waals surface area contributed by atoms with Gasteiger partial charge in [0.15, 0.2) is 0 Å². The predicted octanol–water partition coefficient (Wildman–Crippen LogP) is 5.49. The Labute approximate surface area is 228 Å². The van der Waals surface area contributed by atoms with Gasteiger partial charge in [-0.15, -0.1) is 0 Å². The van der Waals surface area contributed by atoms with Crippen LogP contribution in [0.4, 0.5) is 9.18 Å². The first-order valence-corrected chi connectivity index (χ1v) is 13.5. The third kappa shape index (κ3) is 7.58. The van der Waals surface area contributed by atoms with Gasteiger partial charge in [-0.25, -0.2) is 19.9 Å². The lowest BCUT2D eigenvalue weighted by atomic mass is 10.1. The number of pyridine rings is 1. The highest BCUT2D eigenvalue weighted by Crippen LogP contribution is 2.36. The summed E-state index contributed by atoms with van der Waals surface area (Å²) < 4.78 is 21.0. The van der Waals surface area contributed by atoms with Gasteiger partial charge in [0.05, 0.1) is 29.2 Å². The predicted molar refractivity (Wildman–Crippen MR) is 147 cm³/mol. The van der Waals surface area contributed by atoms with E-state index in [4.69, 9.17) is 4.74 Å². The van der Waals surface area contributed by atoms with E-state index in [2.05, 4.69) is 21.6 Å². The lowest BCUT2D eigenvalue weighted by molar-refractivity contribution is 0.0114. The average molecular weight is 542 g/mol. The fourth-order valence-electron chi connectivity index (χ4n) is 4.15. The highest BCUT2D eigenvalue weighted by molar-refractivity contribution is 8.08. The molecule has 2 aromatic heterocycles. The monoisotopic (exact) mass is 541 g/mol. The third-order valence-electron chi connectivity index (χ3n) is 5.78. The molecule has 3 rings (SSSR count). The van der Waals surface area contributed by atoms with Crippen molar-refractivity contribution in [2.45, 2.75) is 70.6 Å². The number of likely N-dealkylation sites (tertiary alicyclic amines) is 1. The van der Waals surface area contributed by atoms with E-state index < -0.39 is 11.5 Å². The SMILES string of the molecule is CC/C=C(/Sc1cccc(F)n1)c1c(C#N)cnn1C(C)=CN(NC)[C@H]1CCCN(C(=O)OC(C)(C)C)C1. The number of carbonyl (C=O) groups excluding carboxylic acids is 1.